The van der Waals surface area contributed by atoms with E-state index in [4.69, 9.17) is 4.74 Å². The van der Waals surface area contributed by atoms with Crippen LogP contribution in [0.3, 0.4) is 0 Å². The monoisotopic (exact) mass is 227 g/mol. The van der Waals surface area contributed by atoms with Crippen LogP contribution in [0.15, 0.2) is 0 Å². The van der Waals surface area contributed by atoms with Gasteiger partial charge in [0.05, 0.1) is 12.1 Å². The Bertz CT molecular complexity index is 301. The van der Waals surface area contributed by atoms with E-state index in [0.29, 0.717) is 13.2 Å². The molecule has 0 aromatic carbocycles. The van der Waals surface area contributed by atoms with E-state index in [1.54, 1.807) is 6.92 Å². The van der Waals surface area contributed by atoms with E-state index in [2.05, 4.69) is 0 Å². The molecule has 1 fully saturated rings. The summed E-state index contributed by atoms with van der Waals surface area (Å²) in [5.41, 5.74) is -0.544. The minimum absolute atomic E-state index is 0.0107. The summed E-state index contributed by atoms with van der Waals surface area (Å²) < 4.78 is 4.93. The van der Waals surface area contributed by atoms with Gasteiger partial charge in [0.2, 0.25) is 0 Å². The first-order valence-electron chi connectivity index (χ1n) is 5.77. The van der Waals surface area contributed by atoms with Crippen LogP contribution in [0.2, 0.25) is 0 Å². The van der Waals surface area contributed by atoms with Gasteiger partial charge in [-0.15, -0.1) is 0 Å². The SMILES string of the molecule is CCOC(=O)C1CN(C)C(C)(C(C)C)C1=O. The first-order valence-corrected chi connectivity index (χ1v) is 5.77. The second-order valence-electron chi connectivity index (χ2n) is 4.85. The highest BCUT2D eigenvalue weighted by Gasteiger charge is 2.53. The maximum Gasteiger partial charge on any atom is 0.317 e. The number of likely N-dealkylation sites (N-methyl/N-ethyl adjacent to an activating group) is 1. The van der Waals surface area contributed by atoms with Gasteiger partial charge < -0.3 is 4.74 Å². The highest BCUT2D eigenvalue weighted by atomic mass is 16.5. The van der Waals surface area contributed by atoms with Crippen LogP contribution in [0, 0.1) is 11.8 Å². The molecule has 0 aromatic rings. The Balaban J connectivity index is 2.90. The van der Waals surface area contributed by atoms with Crippen LogP contribution in [-0.2, 0) is 14.3 Å². The molecule has 0 N–H and O–H groups in total. The predicted octanol–water partition coefficient (Wildman–Crippen LogP) is 1.09. The van der Waals surface area contributed by atoms with Gasteiger partial charge in [0.1, 0.15) is 5.92 Å². The molecule has 0 radical (unpaired) electrons. The summed E-state index contributed by atoms with van der Waals surface area (Å²) in [7, 11) is 1.89. The minimum atomic E-state index is -0.614. The number of ether oxygens (including phenoxy) is 1. The highest BCUT2D eigenvalue weighted by molar-refractivity contribution is 6.06. The van der Waals surface area contributed by atoms with Crippen molar-refractivity contribution in [3.8, 4) is 0 Å². The van der Waals surface area contributed by atoms with Gasteiger partial charge in [0.15, 0.2) is 5.78 Å². The van der Waals surface area contributed by atoms with Crippen molar-refractivity contribution in [2.75, 3.05) is 20.2 Å². The summed E-state index contributed by atoms with van der Waals surface area (Å²) in [6, 6.07) is 0. The molecule has 1 heterocycles. The maximum atomic E-state index is 12.3. The molecule has 0 aromatic heterocycles. The molecule has 4 nitrogen and oxygen atoms in total. The van der Waals surface area contributed by atoms with E-state index >= 15 is 0 Å². The number of likely N-dealkylation sites (tertiary alicyclic amines) is 1. The number of rotatable bonds is 3. The number of carbonyl (C=O) groups excluding carboxylic acids is 2. The summed E-state index contributed by atoms with van der Waals surface area (Å²) in [6.45, 7) is 8.45. The molecule has 1 aliphatic rings. The van der Waals surface area contributed by atoms with Gasteiger partial charge in [-0.25, -0.2) is 0 Å². The summed E-state index contributed by atoms with van der Waals surface area (Å²) in [5, 5.41) is 0. The molecule has 16 heavy (non-hydrogen) atoms. The Labute approximate surface area is 96.9 Å². The van der Waals surface area contributed by atoms with Crippen LogP contribution >= 0.6 is 0 Å². The number of nitrogens with zero attached hydrogens (tertiary/aromatic N) is 1. The molecule has 2 unspecified atom stereocenters. The van der Waals surface area contributed by atoms with Crippen molar-refractivity contribution in [2.24, 2.45) is 11.8 Å². The number of hydrogen-bond donors (Lipinski definition) is 0. The number of Topliss-reactive ketones (excluding diaryl/α,β-unsaturated/α-hetero) is 1. The Hall–Kier alpha value is -0.900. The third-order valence-corrected chi connectivity index (χ3v) is 3.76. The second kappa shape index (κ2) is 4.53. The normalized spacial score (nSPS) is 31.1. The van der Waals surface area contributed by atoms with Crippen molar-refractivity contribution in [1.29, 1.82) is 0 Å². The van der Waals surface area contributed by atoms with Crippen molar-refractivity contribution in [3.63, 3.8) is 0 Å². The van der Waals surface area contributed by atoms with Gasteiger partial charge in [-0.1, -0.05) is 13.8 Å². The minimum Gasteiger partial charge on any atom is -0.465 e. The summed E-state index contributed by atoms with van der Waals surface area (Å²) >= 11 is 0. The molecule has 1 aliphatic heterocycles. The van der Waals surface area contributed by atoms with E-state index < -0.39 is 11.5 Å². The molecule has 92 valence electrons. The fourth-order valence-electron chi connectivity index (χ4n) is 2.24. The summed E-state index contributed by atoms with van der Waals surface area (Å²) in [6.07, 6.45) is 0. The summed E-state index contributed by atoms with van der Waals surface area (Å²) in [5.74, 6) is -0.825. The zero-order valence-electron chi connectivity index (χ0n) is 10.7. The molecular weight excluding hydrogens is 206 g/mol. The molecule has 4 heteroatoms. The fraction of sp³-hybridized carbons (Fsp3) is 0.833. The first kappa shape index (κ1) is 13.2. The van der Waals surface area contributed by atoms with Gasteiger partial charge in [-0.2, -0.15) is 0 Å². The van der Waals surface area contributed by atoms with Gasteiger partial charge in [0.25, 0.3) is 0 Å². The quantitative estimate of drug-likeness (QED) is 0.535. The fourth-order valence-corrected chi connectivity index (χ4v) is 2.24. The van der Waals surface area contributed by atoms with Crippen molar-refractivity contribution in [2.45, 2.75) is 33.2 Å². The van der Waals surface area contributed by atoms with Crippen LogP contribution < -0.4 is 0 Å². The Morgan fingerprint density at radius 1 is 1.62 bits per heavy atom. The van der Waals surface area contributed by atoms with Gasteiger partial charge in [0, 0.05) is 6.54 Å². The lowest BCUT2D eigenvalue weighted by atomic mass is 9.82. The lowest BCUT2D eigenvalue weighted by molar-refractivity contribution is -0.150. The van der Waals surface area contributed by atoms with E-state index in [0.717, 1.165) is 0 Å². The summed E-state index contributed by atoms with van der Waals surface area (Å²) in [4.78, 5) is 25.9. The lowest BCUT2D eigenvalue weighted by Gasteiger charge is -2.34. The molecule has 0 spiro atoms. The van der Waals surface area contributed by atoms with Crippen molar-refractivity contribution >= 4 is 11.8 Å². The Morgan fingerprint density at radius 2 is 2.19 bits per heavy atom. The number of hydrogen-bond acceptors (Lipinski definition) is 4. The van der Waals surface area contributed by atoms with Crippen molar-refractivity contribution < 1.29 is 14.3 Å². The molecular formula is C12H21NO3. The van der Waals surface area contributed by atoms with Crippen LogP contribution in [0.25, 0.3) is 0 Å². The Morgan fingerprint density at radius 3 is 2.56 bits per heavy atom. The van der Waals surface area contributed by atoms with Crippen LogP contribution in [0.1, 0.15) is 27.7 Å². The molecule has 0 aliphatic carbocycles. The van der Waals surface area contributed by atoms with Crippen LogP contribution in [-0.4, -0.2) is 42.4 Å². The number of carbonyl (C=O) groups is 2. The topological polar surface area (TPSA) is 46.6 Å². The molecule has 1 saturated heterocycles. The highest BCUT2D eigenvalue weighted by Crippen LogP contribution is 2.34. The van der Waals surface area contributed by atoms with E-state index in [1.165, 1.54) is 0 Å². The maximum absolute atomic E-state index is 12.3. The van der Waals surface area contributed by atoms with Gasteiger partial charge in [-0.05, 0) is 26.8 Å². The van der Waals surface area contributed by atoms with E-state index in [-0.39, 0.29) is 17.7 Å². The van der Waals surface area contributed by atoms with Gasteiger partial charge >= 0.3 is 5.97 Å². The third kappa shape index (κ3) is 1.86. The van der Waals surface area contributed by atoms with E-state index in [9.17, 15) is 9.59 Å². The third-order valence-electron chi connectivity index (χ3n) is 3.76. The molecule has 0 amide bonds. The predicted molar refractivity (Wildman–Crippen MR) is 61.0 cm³/mol. The smallest absolute Gasteiger partial charge is 0.317 e. The molecule has 2 atom stereocenters. The standard InChI is InChI=1S/C12H21NO3/c1-6-16-11(15)9-7-13(5)12(4,8(2)3)10(9)14/h8-9H,6-7H2,1-5H3. The second-order valence-corrected chi connectivity index (χ2v) is 4.85. The lowest BCUT2D eigenvalue weighted by Crippen LogP contribution is -2.48. The van der Waals surface area contributed by atoms with Crippen molar-refractivity contribution in [3.05, 3.63) is 0 Å². The average Bonchev–Trinajstić information content (AvgIpc) is 2.44. The zero-order chi connectivity index (χ0) is 12.5. The van der Waals surface area contributed by atoms with Gasteiger partial charge in [-0.3, -0.25) is 14.5 Å². The molecule has 0 bridgehead atoms. The first-order chi connectivity index (χ1) is 7.35. The molecule has 0 saturated carbocycles. The van der Waals surface area contributed by atoms with E-state index in [1.807, 2.05) is 32.7 Å². The number of esters is 1. The Kier molecular flexibility index (Phi) is 3.73. The zero-order valence-corrected chi connectivity index (χ0v) is 10.7. The van der Waals surface area contributed by atoms with Crippen LogP contribution in [0.4, 0.5) is 0 Å². The largest absolute Gasteiger partial charge is 0.465 e. The van der Waals surface area contributed by atoms with Crippen molar-refractivity contribution in [1.82, 2.24) is 4.90 Å². The number of ketones is 1. The average molecular weight is 227 g/mol. The van der Waals surface area contributed by atoms with Crippen LogP contribution in [0.5, 0.6) is 0 Å². The molecule has 1 rings (SSSR count).